The maximum atomic E-state index is 13.7. The van der Waals surface area contributed by atoms with Gasteiger partial charge in [0.2, 0.25) is 0 Å². The molecule has 12 unspecified atom stereocenters. The van der Waals surface area contributed by atoms with Gasteiger partial charge in [-0.1, -0.05) is 53.7 Å². The number of hydrogen-bond donors (Lipinski definition) is 3. The first-order valence-electron chi connectivity index (χ1n) is 14.5. The SMILES string of the molecule is CC(=O)OC1CC2(C)C(C(C)C=CC(C)C(C)C)CCC2(C)C2CC(O)C3(O)CC(O)CC(=O)C3(C)C12. The average molecular weight is 519 g/mol. The van der Waals surface area contributed by atoms with Crippen molar-refractivity contribution < 1.29 is 29.6 Å². The lowest BCUT2D eigenvalue weighted by atomic mass is 9.38. The lowest BCUT2D eigenvalue weighted by Gasteiger charge is -2.68. The van der Waals surface area contributed by atoms with Crippen LogP contribution in [0, 0.1) is 51.8 Å². The van der Waals surface area contributed by atoms with Gasteiger partial charge in [-0.05, 0) is 73.0 Å². The van der Waals surface area contributed by atoms with Crippen molar-refractivity contribution in [2.75, 3.05) is 0 Å². The van der Waals surface area contributed by atoms with E-state index >= 15 is 0 Å². The van der Waals surface area contributed by atoms with Crippen LogP contribution in [0.4, 0.5) is 0 Å². The summed E-state index contributed by atoms with van der Waals surface area (Å²) in [5.41, 5.74) is -3.39. The summed E-state index contributed by atoms with van der Waals surface area (Å²) in [5, 5.41) is 33.7. The molecule has 4 rings (SSSR count). The number of esters is 1. The largest absolute Gasteiger partial charge is 0.462 e. The Kier molecular flexibility index (Phi) is 7.34. The molecule has 0 amide bonds. The predicted octanol–water partition coefficient (Wildman–Crippen LogP) is 4.69. The second-order valence-corrected chi connectivity index (χ2v) is 14.2. The summed E-state index contributed by atoms with van der Waals surface area (Å²) in [6.45, 7) is 16.8. The number of aliphatic hydroxyl groups excluding tert-OH is 2. The maximum Gasteiger partial charge on any atom is 0.302 e. The summed E-state index contributed by atoms with van der Waals surface area (Å²) in [4.78, 5) is 26.1. The fourth-order valence-electron chi connectivity index (χ4n) is 9.44. The molecule has 12 atom stereocenters. The van der Waals surface area contributed by atoms with Gasteiger partial charge < -0.3 is 20.1 Å². The molecule has 0 saturated heterocycles. The van der Waals surface area contributed by atoms with Crippen LogP contribution in [-0.4, -0.2) is 51.0 Å². The Bertz CT molecular complexity index is 944. The van der Waals surface area contributed by atoms with Gasteiger partial charge in [-0.25, -0.2) is 0 Å². The van der Waals surface area contributed by atoms with Gasteiger partial charge >= 0.3 is 5.97 Å². The first-order valence-corrected chi connectivity index (χ1v) is 14.5. The van der Waals surface area contributed by atoms with Gasteiger partial charge in [-0.3, -0.25) is 9.59 Å². The van der Waals surface area contributed by atoms with E-state index in [-0.39, 0.29) is 41.3 Å². The highest BCUT2D eigenvalue weighted by atomic mass is 16.5. The Labute approximate surface area is 223 Å². The zero-order valence-electron chi connectivity index (χ0n) is 24.2. The number of carbonyl (C=O) groups excluding carboxylic acids is 2. The molecule has 6 heteroatoms. The molecule has 37 heavy (non-hydrogen) atoms. The van der Waals surface area contributed by atoms with Crippen LogP contribution in [0.5, 0.6) is 0 Å². The molecule has 4 fully saturated rings. The third kappa shape index (κ3) is 4.07. The molecular weight excluding hydrogens is 468 g/mol. The Morgan fingerprint density at radius 1 is 1.05 bits per heavy atom. The van der Waals surface area contributed by atoms with Crippen molar-refractivity contribution in [1.29, 1.82) is 0 Å². The molecule has 4 aliphatic carbocycles. The Morgan fingerprint density at radius 2 is 1.70 bits per heavy atom. The highest BCUT2D eigenvalue weighted by molar-refractivity contribution is 5.88. The molecule has 6 nitrogen and oxygen atoms in total. The smallest absolute Gasteiger partial charge is 0.302 e. The van der Waals surface area contributed by atoms with Crippen LogP contribution in [0.15, 0.2) is 12.2 Å². The number of fused-ring (bicyclic) bond motifs is 5. The molecule has 3 N–H and O–H groups in total. The summed E-state index contributed by atoms with van der Waals surface area (Å²) < 4.78 is 6.04. The van der Waals surface area contributed by atoms with Crippen LogP contribution in [0.1, 0.15) is 93.9 Å². The Morgan fingerprint density at radius 3 is 2.30 bits per heavy atom. The van der Waals surface area contributed by atoms with Crippen molar-refractivity contribution in [3.63, 3.8) is 0 Å². The van der Waals surface area contributed by atoms with E-state index in [1.165, 1.54) is 6.92 Å². The fourth-order valence-corrected chi connectivity index (χ4v) is 9.44. The van der Waals surface area contributed by atoms with E-state index in [1.54, 1.807) is 6.92 Å². The zero-order chi connectivity index (χ0) is 27.7. The van der Waals surface area contributed by atoms with Gasteiger partial charge in [0.15, 0.2) is 0 Å². The van der Waals surface area contributed by atoms with Crippen LogP contribution in [0.2, 0.25) is 0 Å². The normalized spacial score (nSPS) is 49.4. The minimum absolute atomic E-state index is 0.0428. The number of rotatable bonds is 5. The molecule has 4 saturated carbocycles. The van der Waals surface area contributed by atoms with Crippen LogP contribution >= 0.6 is 0 Å². The zero-order valence-corrected chi connectivity index (χ0v) is 24.2. The Hall–Kier alpha value is -1.24. The van der Waals surface area contributed by atoms with Crippen molar-refractivity contribution in [2.45, 2.75) is 118 Å². The standard InChI is InChI=1S/C31H50O6/c1-17(2)18(3)9-10-19(4)22-11-12-28(6)23-14-26(35)31(36)15-21(33)13-25(34)30(31,8)27(23)24(37-20(5)32)16-29(22,28)7/h9-10,17-19,21-24,26-27,33,35-36H,11-16H2,1-8H3. The number of ether oxygens (including phenoxy) is 1. The van der Waals surface area contributed by atoms with Crippen molar-refractivity contribution >= 4 is 11.8 Å². The predicted molar refractivity (Wildman–Crippen MR) is 142 cm³/mol. The summed E-state index contributed by atoms with van der Waals surface area (Å²) >= 11 is 0. The molecular formula is C31H50O6. The summed E-state index contributed by atoms with van der Waals surface area (Å²) in [7, 11) is 0. The number of carbonyl (C=O) groups is 2. The van der Waals surface area contributed by atoms with Gasteiger partial charge in [0.25, 0.3) is 0 Å². The van der Waals surface area contributed by atoms with Crippen LogP contribution in [-0.2, 0) is 14.3 Å². The van der Waals surface area contributed by atoms with Crippen molar-refractivity contribution in [3.05, 3.63) is 12.2 Å². The van der Waals surface area contributed by atoms with Crippen molar-refractivity contribution in [1.82, 2.24) is 0 Å². The molecule has 0 bridgehead atoms. The third-order valence-corrected chi connectivity index (χ3v) is 12.2. The number of ketones is 1. The average Bonchev–Trinajstić information content (AvgIpc) is 3.05. The van der Waals surface area contributed by atoms with Gasteiger partial charge in [0.05, 0.1) is 17.6 Å². The Balaban J connectivity index is 1.78. The highest BCUT2D eigenvalue weighted by Crippen LogP contribution is 2.74. The third-order valence-electron chi connectivity index (χ3n) is 12.2. The number of hydrogen-bond acceptors (Lipinski definition) is 6. The van der Waals surface area contributed by atoms with Crippen molar-refractivity contribution in [2.24, 2.45) is 51.8 Å². The number of Topliss-reactive ketones (excluding diaryl/α,β-unsaturated/α-hetero) is 1. The molecule has 0 aromatic heterocycles. The second kappa shape index (κ2) is 9.45. The number of allylic oxidation sites excluding steroid dienone is 2. The van der Waals surface area contributed by atoms with E-state index in [4.69, 9.17) is 4.74 Å². The summed E-state index contributed by atoms with van der Waals surface area (Å²) in [6, 6.07) is 0. The molecule has 0 radical (unpaired) electrons. The summed E-state index contributed by atoms with van der Waals surface area (Å²) in [6.07, 6.45) is 4.94. The second-order valence-electron chi connectivity index (χ2n) is 14.2. The van der Waals surface area contributed by atoms with Crippen LogP contribution in [0.3, 0.4) is 0 Å². The minimum Gasteiger partial charge on any atom is -0.462 e. The van der Waals surface area contributed by atoms with Gasteiger partial charge in [0, 0.05) is 25.7 Å². The first-order chi connectivity index (χ1) is 17.0. The monoisotopic (exact) mass is 518 g/mol. The maximum absolute atomic E-state index is 13.7. The van der Waals surface area contributed by atoms with E-state index in [0.29, 0.717) is 36.5 Å². The highest BCUT2D eigenvalue weighted by Gasteiger charge is 2.75. The molecule has 0 aromatic carbocycles. The molecule has 210 valence electrons. The van der Waals surface area contributed by atoms with E-state index < -0.39 is 35.2 Å². The first kappa shape index (κ1) is 28.8. The van der Waals surface area contributed by atoms with Gasteiger partial charge in [-0.2, -0.15) is 0 Å². The van der Waals surface area contributed by atoms with Crippen LogP contribution < -0.4 is 0 Å². The van der Waals surface area contributed by atoms with Crippen molar-refractivity contribution in [3.8, 4) is 0 Å². The topological polar surface area (TPSA) is 104 Å². The van der Waals surface area contributed by atoms with E-state index in [1.807, 2.05) is 0 Å². The number of aliphatic hydroxyl groups is 3. The summed E-state index contributed by atoms with van der Waals surface area (Å²) in [5.74, 6) is 0.667. The molecule has 0 heterocycles. The quantitative estimate of drug-likeness (QED) is 0.360. The van der Waals surface area contributed by atoms with E-state index in [0.717, 1.165) is 12.8 Å². The molecule has 4 aliphatic rings. The van der Waals surface area contributed by atoms with Gasteiger partial charge in [0.1, 0.15) is 17.5 Å². The fraction of sp³-hybridized carbons (Fsp3) is 0.871. The molecule has 0 spiro atoms. The van der Waals surface area contributed by atoms with Crippen LogP contribution in [0.25, 0.3) is 0 Å². The van der Waals surface area contributed by atoms with E-state index in [2.05, 4.69) is 53.7 Å². The van der Waals surface area contributed by atoms with Gasteiger partial charge in [-0.15, -0.1) is 0 Å². The lowest BCUT2D eigenvalue weighted by molar-refractivity contribution is -0.283. The molecule has 0 aliphatic heterocycles. The molecule has 0 aromatic rings. The van der Waals surface area contributed by atoms with E-state index in [9.17, 15) is 24.9 Å². The minimum atomic E-state index is -1.74. The lowest BCUT2D eigenvalue weighted by Crippen LogP contribution is -2.75.